The quantitative estimate of drug-likeness (QED) is 0.207. The van der Waals surface area contributed by atoms with E-state index in [4.69, 9.17) is 40.6 Å². The molecule has 0 fully saturated rings. The Kier molecular flexibility index (Phi) is 7.21. The fraction of sp³-hybridized carbons (Fsp3) is 0.0588. The molecule has 0 aliphatic rings. The molecule has 1 aromatic heterocycles. The fourth-order valence-electron chi connectivity index (χ4n) is 2.07. The molecule has 150 valence electrons. The minimum absolute atomic E-state index is 0.0579. The zero-order chi connectivity index (χ0) is 20.8. The average molecular weight is 471 g/mol. The SMILES string of the molecule is Nn1c(N/N=C/c2ccc(Cl)cc2)nnc1SCC(=O)Nc1ccc(Cl)cc1Cl. The molecule has 3 aromatic rings. The Hall–Kier alpha value is -2.46. The fourth-order valence-corrected chi connectivity index (χ4v) is 3.31. The van der Waals surface area contributed by atoms with E-state index in [-0.39, 0.29) is 17.6 Å². The zero-order valence-corrected chi connectivity index (χ0v) is 17.7. The van der Waals surface area contributed by atoms with Gasteiger partial charge in [-0.3, -0.25) is 4.79 Å². The predicted molar refractivity (Wildman–Crippen MR) is 119 cm³/mol. The molecular formula is C17H14Cl3N7OS. The molecule has 12 heteroatoms. The number of rotatable bonds is 7. The monoisotopic (exact) mass is 469 g/mol. The molecule has 3 rings (SSSR count). The molecule has 0 spiro atoms. The summed E-state index contributed by atoms with van der Waals surface area (Å²) in [5.41, 5.74) is 4.01. The van der Waals surface area contributed by atoms with Crippen molar-refractivity contribution >= 4 is 70.3 Å². The van der Waals surface area contributed by atoms with Crippen molar-refractivity contribution in [3.8, 4) is 0 Å². The van der Waals surface area contributed by atoms with Crippen molar-refractivity contribution in [3.05, 3.63) is 63.1 Å². The average Bonchev–Trinajstić information content (AvgIpc) is 3.04. The van der Waals surface area contributed by atoms with E-state index in [2.05, 4.69) is 26.0 Å². The van der Waals surface area contributed by atoms with Crippen molar-refractivity contribution < 1.29 is 4.79 Å². The first kappa shape index (κ1) is 21.3. The summed E-state index contributed by atoms with van der Waals surface area (Å²) < 4.78 is 1.20. The second-order valence-electron chi connectivity index (χ2n) is 5.56. The van der Waals surface area contributed by atoms with Crippen LogP contribution in [0.15, 0.2) is 52.7 Å². The van der Waals surface area contributed by atoms with Crippen LogP contribution in [0.3, 0.4) is 0 Å². The molecule has 8 nitrogen and oxygen atoms in total. The number of nitrogens with zero attached hydrogens (tertiary/aromatic N) is 4. The van der Waals surface area contributed by atoms with Crippen molar-refractivity contribution in [1.29, 1.82) is 0 Å². The van der Waals surface area contributed by atoms with E-state index >= 15 is 0 Å². The van der Waals surface area contributed by atoms with Gasteiger partial charge in [0.15, 0.2) is 0 Å². The highest BCUT2D eigenvalue weighted by molar-refractivity contribution is 7.99. The van der Waals surface area contributed by atoms with Crippen LogP contribution >= 0.6 is 46.6 Å². The van der Waals surface area contributed by atoms with Gasteiger partial charge in [-0.2, -0.15) is 5.10 Å². The Labute approximate surface area is 185 Å². The lowest BCUT2D eigenvalue weighted by Crippen LogP contribution is -2.17. The number of carbonyl (C=O) groups excluding carboxylic acids is 1. The zero-order valence-electron chi connectivity index (χ0n) is 14.6. The lowest BCUT2D eigenvalue weighted by Gasteiger charge is -2.07. The minimum Gasteiger partial charge on any atom is -0.334 e. The number of aromatic nitrogens is 3. The van der Waals surface area contributed by atoms with E-state index in [0.29, 0.717) is 25.9 Å². The second-order valence-corrected chi connectivity index (χ2v) is 7.78. The van der Waals surface area contributed by atoms with Crippen LogP contribution in [0, 0.1) is 0 Å². The first-order chi connectivity index (χ1) is 13.9. The molecule has 2 aromatic carbocycles. The van der Waals surface area contributed by atoms with Gasteiger partial charge >= 0.3 is 0 Å². The highest BCUT2D eigenvalue weighted by Crippen LogP contribution is 2.26. The number of thioether (sulfide) groups is 1. The van der Waals surface area contributed by atoms with Gasteiger partial charge < -0.3 is 11.2 Å². The summed E-state index contributed by atoms with van der Waals surface area (Å²) in [5, 5.41) is 16.4. The molecule has 0 unspecified atom stereocenters. The third kappa shape index (κ3) is 6.01. The van der Waals surface area contributed by atoms with Crippen molar-refractivity contribution in [3.63, 3.8) is 0 Å². The maximum Gasteiger partial charge on any atom is 0.264 e. The van der Waals surface area contributed by atoms with Crippen LogP contribution in [-0.4, -0.2) is 32.7 Å². The summed E-state index contributed by atoms with van der Waals surface area (Å²) in [7, 11) is 0. The van der Waals surface area contributed by atoms with E-state index in [1.54, 1.807) is 36.5 Å². The minimum atomic E-state index is -0.280. The third-order valence-electron chi connectivity index (χ3n) is 3.45. The van der Waals surface area contributed by atoms with Crippen molar-refractivity contribution in [2.75, 3.05) is 22.3 Å². The van der Waals surface area contributed by atoms with E-state index < -0.39 is 0 Å². The van der Waals surface area contributed by atoms with E-state index in [0.717, 1.165) is 17.3 Å². The third-order valence-corrected chi connectivity index (χ3v) is 5.19. The van der Waals surface area contributed by atoms with Crippen LogP contribution in [-0.2, 0) is 4.79 Å². The van der Waals surface area contributed by atoms with Crippen LogP contribution in [0.2, 0.25) is 15.1 Å². The van der Waals surface area contributed by atoms with Gasteiger partial charge in [-0.05, 0) is 35.9 Å². The van der Waals surface area contributed by atoms with E-state index in [9.17, 15) is 4.79 Å². The molecular weight excluding hydrogens is 457 g/mol. The smallest absolute Gasteiger partial charge is 0.264 e. The topological polar surface area (TPSA) is 110 Å². The van der Waals surface area contributed by atoms with Crippen LogP contribution < -0.4 is 16.6 Å². The number of anilines is 2. The van der Waals surface area contributed by atoms with Gasteiger partial charge in [-0.25, -0.2) is 10.1 Å². The summed E-state index contributed by atoms with van der Waals surface area (Å²) in [6, 6.07) is 11.9. The molecule has 0 atom stereocenters. The number of halogens is 3. The Morgan fingerprint density at radius 2 is 1.86 bits per heavy atom. The van der Waals surface area contributed by atoms with Gasteiger partial charge in [0.1, 0.15) is 0 Å². The molecule has 0 saturated carbocycles. The number of amides is 1. The first-order valence-electron chi connectivity index (χ1n) is 8.05. The molecule has 0 saturated heterocycles. The summed E-state index contributed by atoms with van der Waals surface area (Å²) in [6.45, 7) is 0. The van der Waals surface area contributed by atoms with Gasteiger partial charge in [-0.15, -0.1) is 10.2 Å². The number of nitrogens with two attached hydrogens (primary N) is 1. The molecule has 0 aliphatic heterocycles. The maximum atomic E-state index is 12.1. The number of nitrogen functional groups attached to an aromatic ring is 1. The van der Waals surface area contributed by atoms with Gasteiger partial charge in [0.05, 0.1) is 22.7 Å². The number of hydrazone groups is 1. The van der Waals surface area contributed by atoms with E-state index in [1.807, 2.05) is 12.1 Å². The van der Waals surface area contributed by atoms with Gasteiger partial charge in [0.25, 0.3) is 5.95 Å². The highest BCUT2D eigenvalue weighted by Gasteiger charge is 2.13. The number of hydrogen-bond donors (Lipinski definition) is 3. The Bertz CT molecular complexity index is 1040. The van der Waals surface area contributed by atoms with Crippen LogP contribution in [0.25, 0.3) is 0 Å². The number of nitrogens with one attached hydrogen (secondary N) is 2. The molecule has 1 heterocycles. The van der Waals surface area contributed by atoms with Crippen molar-refractivity contribution in [1.82, 2.24) is 14.9 Å². The molecule has 29 heavy (non-hydrogen) atoms. The highest BCUT2D eigenvalue weighted by atomic mass is 35.5. The summed E-state index contributed by atoms with van der Waals surface area (Å²) >= 11 is 18.8. The predicted octanol–water partition coefficient (Wildman–Crippen LogP) is 4.13. The van der Waals surface area contributed by atoms with Gasteiger partial charge in [0.2, 0.25) is 11.1 Å². The standard InChI is InChI=1S/C17H14Cl3N7OS/c18-11-3-1-10(2-4-11)8-22-24-16-25-26-17(27(16)21)29-9-15(28)23-14-6-5-12(19)7-13(14)20/h1-8H,9,21H2,(H,23,28)(H,24,25)/b22-8+. The van der Waals surface area contributed by atoms with E-state index in [1.165, 1.54) is 4.68 Å². The molecule has 1 amide bonds. The lowest BCUT2D eigenvalue weighted by atomic mass is 10.2. The van der Waals surface area contributed by atoms with Gasteiger partial charge in [-0.1, -0.05) is 58.7 Å². The van der Waals surface area contributed by atoms with Crippen LogP contribution in [0.5, 0.6) is 0 Å². The second kappa shape index (κ2) is 9.84. The number of benzene rings is 2. The van der Waals surface area contributed by atoms with Crippen molar-refractivity contribution in [2.45, 2.75) is 5.16 Å². The molecule has 0 radical (unpaired) electrons. The Balaban J connectivity index is 1.53. The molecule has 0 aliphatic carbocycles. The Morgan fingerprint density at radius 1 is 1.14 bits per heavy atom. The first-order valence-corrected chi connectivity index (χ1v) is 10.2. The Morgan fingerprint density at radius 3 is 2.59 bits per heavy atom. The normalized spacial score (nSPS) is 11.0. The maximum absolute atomic E-state index is 12.1. The lowest BCUT2D eigenvalue weighted by molar-refractivity contribution is -0.113. The molecule has 0 bridgehead atoms. The molecule has 4 N–H and O–H groups in total. The largest absolute Gasteiger partial charge is 0.334 e. The summed E-state index contributed by atoms with van der Waals surface area (Å²) in [5.74, 6) is 5.93. The van der Waals surface area contributed by atoms with Crippen LogP contribution in [0.4, 0.5) is 11.6 Å². The number of hydrogen-bond acceptors (Lipinski definition) is 7. The number of carbonyl (C=O) groups is 1. The van der Waals surface area contributed by atoms with Crippen LogP contribution in [0.1, 0.15) is 5.56 Å². The summed E-state index contributed by atoms with van der Waals surface area (Å²) in [6.07, 6.45) is 1.58. The summed E-state index contributed by atoms with van der Waals surface area (Å²) in [4.78, 5) is 12.1. The van der Waals surface area contributed by atoms with Crippen molar-refractivity contribution in [2.24, 2.45) is 5.10 Å². The van der Waals surface area contributed by atoms with Gasteiger partial charge in [0, 0.05) is 10.0 Å².